The van der Waals surface area contributed by atoms with Crippen molar-refractivity contribution < 1.29 is 22.4 Å². The summed E-state index contributed by atoms with van der Waals surface area (Å²) < 4.78 is 37.8. The Hall–Kier alpha value is -0.990. The SMILES string of the molecule is CCCCCCCCCCCCCCCC1(O)[C@@H](CCOS(=O)(=O)NCc2ccccc2)OC1(C)C. The Morgan fingerprint density at radius 2 is 1.42 bits per heavy atom. The second-order valence-electron chi connectivity index (χ2n) is 10.9. The van der Waals surface area contributed by atoms with Gasteiger partial charge in [0.2, 0.25) is 0 Å². The van der Waals surface area contributed by atoms with Gasteiger partial charge in [-0.3, -0.25) is 4.18 Å². The standard InChI is InChI=1S/C29H51NO5S/c1-4-5-6-7-8-9-10-11-12-13-14-15-19-23-29(31)27(35-28(29,2)3)22-24-34-36(32,33)30-25-26-20-17-16-18-21-26/h16-18,20-21,27,30-31H,4-15,19,22-25H2,1-3H3/t27-,29?/m1/s1. The van der Waals surface area contributed by atoms with Crippen LogP contribution >= 0.6 is 0 Å². The second-order valence-corrected chi connectivity index (χ2v) is 12.3. The number of nitrogens with one attached hydrogen (secondary N) is 1. The Morgan fingerprint density at radius 1 is 0.889 bits per heavy atom. The number of rotatable bonds is 21. The molecule has 2 atom stereocenters. The van der Waals surface area contributed by atoms with Crippen LogP contribution in [-0.4, -0.2) is 37.4 Å². The zero-order chi connectivity index (χ0) is 26.3. The van der Waals surface area contributed by atoms with Crippen LogP contribution in [-0.2, 0) is 25.8 Å². The fourth-order valence-corrected chi connectivity index (χ4v) is 5.87. The molecule has 6 nitrogen and oxygen atoms in total. The van der Waals surface area contributed by atoms with Gasteiger partial charge in [0.05, 0.1) is 18.3 Å². The Balaban J connectivity index is 1.56. The van der Waals surface area contributed by atoms with Gasteiger partial charge in [0, 0.05) is 13.0 Å². The van der Waals surface area contributed by atoms with E-state index in [9.17, 15) is 13.5 Å². The minimum absolute atomic E-state index is 0.0220. The van der Waals surface area contributed by atoms with Gasteiger partial charge in [-0.15, -0.1) is 0 Å². The van der Waals surface area contributed by atoms with Crippen molar-refractivity contribution in [3.05, 3.63) is 35.9 Å². The quantitative estimate of drug-likeness (QED) is 0.172. The van der Waals surface area contributed by atoms with Gasteiger partial charge in [0.25, 0.3) is 0 Å². The van der Waals surface area contributed by atoms with Crippen LogP contribution in [0, 0.1) is 0 Å². The molecule has 0 bridgehead atoms. The molecule has 7 heteroatoms. The maximum Gasteiger partial charge on any atom is 0.336 e. The normalized spacial score (nSPS) is 21.4. The first-order valence-electron chi connectivity index (χ1n) is 14.3. The fraction of sp³-hybridized carbons (Fsp3) is 0.793. The number of hydrogen-bond donors (Lipinski definition) is 2. The molecule has 0 spiro atoms. The average Bonchev–Trinajstić information content (AvgIpc) is 2.85. The molecule has 1 aliphatic rings. The van der Waals surface area contributed by atoms with Crippen molar-refractivity contribution in [3.63, 3.8) is 0 Å². The van der Waals surface area contributed by atoms with Gasteiger partial charge in [-0.05, 0) is 25.8 Å². The maximum absolute atomic E-state index is 12.2. The summed E-state index contributed by atoms with van der Waals surface area (Å²) in [5.74, 6) is 0. The third-order valence-corrected chi connectivity index (χ3v) is 8.56. The lowest BCUT2D eigenvalue weighted by Gasteiger charge is -2.58. The number of unbranched alkanes of at least 4 members (excludes halogenated alkanes) is 12. The zero-order valence-electron chi connectivity index (χ0n) is 23.0. The third-order valence-electron chi connectivity index (χ3n) is 7.59. The van der Waals surface area contributed by atoms with Crippen molar-refractivity contribution >= 4 is 10.3 Å². The van der Waals surface area contributed by atoms with Crippen molar-refractivity contribution in [2.75, 3.05) is 6.61 Å². The zero-order valence-corrected chi connectivity index (χ0v) is 23.8. The lowest BCUT2D eigenvalue weighted by Crippen LogP contribution is -2.71. The minimum Gasteiger partial charge on any atom is -0.384 e. The van der Waals surface area contributed by atoms with Crippen LogP contribution in [0.5, 0.6) is 0 Å². The van der Waals surface area contributed by atoms with Crippen LogP contribution in [0.15, 0.2) is 30.3 Å². The van der Waals surface area contributed by atoms with Crippen LogP contribution < -0.4 is 4.72 Å². The summed E-state index contributed by atoms with van der Waals surface area (Å²) >= 11 is 0. The first kappa shape index (κ1) is 31.2. The van der Waals surface area contributed by atoms with Gasteiger partial charge < -0.3 is 9.84 Å². The van der Waals surface area contributed by atoms with Crippen molar-refractivity contribution in [1.29, 1.82) is 0 Å². The Morgan fingerprint density at radius 3 is 1.94 bits per heavy atom. The van der Waals surface area contributed by atoms with Gasteiger partial charge in [-0.2, -0.15) is 13.1 Å². The highest BCUT2D eigenvalue weighted by Gasteiger charge is 2.60. The van der Waals surface area contributed by atoms with Crippen LogP contribution in [0.25, 0.3) is 0 Å². The second kappa shape index (κ2) is 16.1. The van der Waals surface area contributed by atoms with Gasteiger partial charge in [-0.1, -0.05) is 121 Å². The highest BCUT2D eigenvalue weighted by atomic mass is 32.2. The molecule has 1 aromatic carbocycles. The molecule has 1 unspecified atom stereocenters. The molecule has 1 aliphatic heterocycles. The summed E-state index contributed by atoms with van der Waals surface area (Å²) in [6, 6.07) is 9.30. The topological polar surface area (TPSA) is 84.9 Å². The van der Waals surface area contributed by atoms with Crippen molar-refractivity contribution in [1.82, 2.24) is 4.72 Å². The van der Waals surface area contributed by atoms with Crippen LogP contribution in [0.4, 0.5) is 0 Å². The van der Waals surface area contributed by atoms with E-state index in [1.54, 1.807) is 0 Å². The van der Waals surface area contributed by atoms with Crippen molar-refractivity contribution in [2.24, 2.45) is 0 Å². The van der Waals surface area contributed by atoms with E-state index in [-0.39, 0.29) is 13.2 Å². The molecule has 36 heavy (non-hydrogen) atoms. The van der Waals surface area contributed by atoms with Crippen LogP contribution in [0.1, 0.15) is 123 Å². The molecule has 1 aromatic rings. The van der Waals surface area contributed by atoms with E-state index in [4.69, 9.17) is 8.92 Å². The summed E-state index contributed by atoms with van der Waals surface area (Å²) in [6.07, 6.45) is 17.4. The number of ether oxygens (including phenoxy) is 1. The molecule has 0 aromatic heterocycles. The molecular formula is C29H51NO5S. The first-order valence-corrected chi connectivity index (χ1v) is 15.7. The van der Waals surface area contributed by atoms with Crippen molar-refractivity contribution in [2.45, 2.75) is 141 Å². The summed E-state index contributed by atoms with van der Waals surface area (Å²) in [6.45, 7) is 6.23. The monoisotopic (exact) mass is 525 g/mol. The van der Waals surface area contributed by atoms with Gasteiger partial charge in [0.15, 0.2) is 0 Å². The molecule has 1 saturated heterocycles. The Labute approximate surface area is 220 Å². The summed E-state index contributed by atoms with van der Waals surface area (Å²) in [7, 11) is -3.85. The molecule has 1 heterocycles. The van der Waals surface area contributed by atoms with E-state index in [2.05, 4.69) is 11.6 Å². The molecular weight excluding hydrogens is 474 g/mol. The largest absolute Gasteiger partial charge is 0.384 e. The predicted molar refractivity (Wildman–Crippen MR) is 147 cm³/mol. The molecule has 0 saturated carbocycles. The first-order chi connectivity index (χ1) is 17.2. The van der Waals surface area contributed by atoms with Crippen LogP contribution in [0.2, 0.25) is 0 Å². The fourth-order valence-electron chi connectivity index (χ4n) is 5.13. The Kier molecular flexibility index (Phi) is 13.9. The number of hydrogen-bond acceptors (Lipinski definition) is 5. The molecule has 0 amide bonds. The van der Waals surface area contributed by atoms with E-state index in [0.717, 1.165) is 18.4 Å². The maximum atomic E-state index is 12.2. The molecule has 0 aliphatic carbocycles. The molecule has 2 rings (SSSR count). The lowest BCUT2D eigenvalue weighted by molar-refractivity contribution is -0.342. The van der Waals surface area contributed by atoms with E-state index in [1.807, 2.05) is 44.2 Å². The average molecular weight is 526 g/mol. The molecule has 208 valence electrons. The highest BCUT2D eigenvalue weighted by molar-refractivity contribution is 7.84. The summed E-state index contributed by atoms with van der Waals surface area (Å²) in [5.41, 5.74) is -0.713. The van der Waals surface area contributed by atoms with Crippen molar-refractivity contribution in [3.8, 4) is 0 Å². The third kappa shape index (κ3) is 10.8. The van der Waals surface area contributed by atoms with Gasteiger partial charge in [-0.25, -0.2) is 0 Å². The van der Waals surface area contributed by atoms with E-state index >= 15 is 0 Å². The van der Waals surface area contributed by atoms with E-state index in [0.29, 0.717) is 12.8 Å². The molecule has 1 fully saturated rings. The molecule has 2 N–H and O–H groups in total. The lowest BCUT2D eigenvalue weighted by atomic mass is 9.70. The van der Waals surface area contributed by atoms with Gasteiger partial charge in [0.1, 0.15) is 5.60 Å². The van der Waals surface area contributed by atoms with E-state index in [1.165, 1.54) is 70.6 Å². The number of aliphatic hydroxyl groups is 1. The highest BCUT2D eigenvalue weighted by Crippen LogP contribution is 2.47. The smallest absolute Gasteiger partial charge is 0.336 e. The Bertz CT molecular complexity index is 814. The number of benzene rings is 1. The predicted octanol–water partition coefficient (Wildman–Crippen LogP) is 6.82. The molecule has 0 radical (unpaired) electrons. The van der Waals surface area contributed by atoms with Crippen LogP contribution in [0.3, 0.4) is 0 Å². The van der Waals surface area contributed by atoms with E-state index < -0.39 is 27.6 Å². The summed E-state index contributed by atoms with van der Waals surface area (Å²) in [5, 5.41) is 11.3. The van der Waals surface area contributed by atoms with Gasteiger partial charge >= 0.3 is 10.3 Å². The summed E-state index contributed by atoms with van der Waals surface area (Å²) in [4.78, 5) is 0. The minimum atomic E-state index is -3.85.